The largest absolute Gasteiger partial charge is 0.399 e. The molecule has 0 saturated carbocycles. The molecule has 0 saturated heterocycles. The molecule has 21 heavy (non-hydrogen) atoms. The van der Waals surface area contributed by atoms with Crippen molar-refractivity contribution < 1.29 is 9.18 Å². The fraction of sp³-hybridized carbons (Fsp3) is 0.200. The van der Waals surface area contributed by atoms with Crippen molar-refractivity contribution in [2.45, 2.75) is 19.9 Å². The van der Waals surface area contributed by atoms with Crippen LogP contribution in [0.5, 0.6) is 0 Å². The summed E-state index contributed by atoms with van der Waals surface area (Å²) < 4.78 is 14.9. The lowest BCUT2D eigenvalue weighted by atomic mass is 10.2. The molecule has 2 aromatic rings. The first-order valence-corrected chi connectivity index (χ1v) is 6.47. The third-order valence-corrected chi connectivity index (χ3v) is 3.00. The number of benzene rings is 1. The molecule has 2 rings (SSSR count). The van der Waals surface area contributed by atoms with Crippen LogP contribution >= 0.6 is 0 Å². The third kappa shape index (κ3) is 3.92. The van der Waals surface area contributed by atoms with Gasteiger partial charge in [-0.05, 0) is 36.8 Å². The molecule has 0 unspecified atom stereocenters. The van der Waals surface area contributed by atoms with Crippen molar-refractivity contribution in [2.75, 3.05) is 11.1 Å². The number of hydrogen-bond donors (Lipinski definition) is 2. The topological polar surface area (TPSA) is 77.1 Å². The fourth-order valence-electron chi connectivity index (χ4n) is 1.86. The van der Waals surface area contributed by atoms with Crippen molar-refractivity contribution in [1.82, 2.24) is 4.57 Å². The van der Waals surface area contributed by atoms with Crippen molar-refractivity contribution in [2.24, 2.45) is 0 Å². The Labute approximate surface area is 121 Å². The Hall–Kier alpha value is -2.63. The number of aromatic nitrogens is 1. The van der Waals surface area contributed by atoms with E-state index in [1.54, 1.807) is 12.3 Å². The summed E-state index contributed by atoms with van der Waals surface area (Å²) in [6, 6.07) is 7.24. The van der Waals surface area contributed by atoms with Gasteiger partial charge in [0.05, 0.1) is 5.69 Å². The van der Waals surface area contributed by atoms with Gasteiger partial charge in [-0.1, -0.05) is 0 Å². The van der Waals surface area contributed by atoms with Crippen LogP contribution in [0.25, 0.3) is 0 Å². The number of nitrogen functional groups attached to an aromatic ring is 1. The van der Waals surface area contributed by atoms with E-state index in [-0.39, 0.29) is 30.1 Å². The summed E-state index contributed by atoms with van der Waals surface area (Å²) in [6.45, 7) is 2.05. The van der Waals surface area contributed by atoms with Crippen LogP contribution in [0.2, 0.25) is 0 Å². The molecule has 0 aliphatic rings. The second-order valence-electron chi connectivity index (χ2n) is 4.77. The Morgan fingerprint density at radius 1 is 1.33 bits per heavy atom. The van der Waals surface area contributed by atoms with Crippen LogP contribution in [0.1, 0.15) is 12.0 Å². The van der Waals surface area contributed by atoms with Crippen LogP contribution in [-0.4, -0.2) is 10.5 Å². The maximum atomic E-state index is 13.5. The van der Waals surface area contributed by atoms with E-state index in [1.807, 2.05) is 6.92 Å². The molecule has 0 aliphatic carbocycles. The highest BCUT2D eigenvalue weighted by atomic mass is 19.1. The molecular weight excluding hydrogens is 273 g/mol. The second kappa shape index (κ2) is 6.21. The highest BCUT2D eigenvalue weighted by Crippen LogP contribution is 2.17. The van der Waals surface area contributed by atoms with E-state index in [0.29, 0.717) is 5.69 Å². The van der Waals surface area contributed by atoms with E-state index in [2.05, 4.69) is 5.32 Å². The van der Waals surface area contributed by atoms with Crippen LogP contribution < -0.4 is 16.6 Å². The summed E-state index contributed by atoms with van der Waals surface area (Å²) in [5, 5.41) is 2.44. The Bertz CT molecular complexity index is 725. The minimum Gasteiger partial charge on any atom is -0.399 e. The Morgan fingerprint density at radius 2 is 2.10 bits per heavy atom. The van der Waals surface area contributed by atoms with Crippen LogP contribution in [0, 0.1) is 12.7 Å². The van der Waals surface area contributed by atoms with Crippen molar-refractivity contribution >= 4 is 17.3 Å². The molecule has 0 aliphatic heterocycles. The number of anilines is 2. The summed E-state index contributed by atoms with van der Waals surface area (Å²) in [4.78, 5) is 23.5. The zero-order chi connectivity index (χ0) is 15.4. The maximum Gasteiger partial charge on any atom is 0.250 e. The molecule has 110 valence electrons. The number of hydrogen-bond acceptors (Lipinski definition) is 3. The van der Waals surface area contributed by atoms with Crippen LogP contribution in [-0.2, 0) is 11.3 Å². The van der Waals surface area contributed by atoms with Crippen molar-refractivity contribution in [1.29, 1.82) is 0 Å². The van der Waals surface area contributed by atoms with E-state index in [1.165, 1.54) is 28.8 Å². The van der Waals surface area contributed by atoms with E-state index in [0.717, 1.165) is 5.56 Å². The van der Waals surface area contributed by atoms with Gasteiger partial charge in [0, 0.05) is 30.9 Å². The van der Waals surface area contributed by atoms with Crippen LogP contribution in [0.15, 0.2) is 41.3 Å². The predicted octanol–water partition coefficient (Wildman–Crippen LogP) is 1.91. The summed E-state index contributed by atoms with van der Waals surface area (Å²) in [7, 11) is 0. The second-order valence-corrected chi connectivity index (χ2v) is 4.77. The molecule has 0 bridgehead atoms. The van der Waals surface area contributed by atoms with Crippen molar-refractivity contribution in [3.05, 3.63) is 58.3 Å². The van der Waals surface area contributed by atoms with Crippen molar-refractivity contribution in [3.63, 3.8) is 0 Å². The van der Waals surface area contributed by atoms with Gasteiger partial charge >= 0.3 is 0 Å². The smallest absolute Gasteiger partial charge is 0.250 e. The highest BCUT2D eigenvalue weighted by Gasteiger charge is 2.08. The molecule has 0 spiro atoms. The SMILES string of the molecule is Cc1ccn(CCC(=O)Nc2cc(N)ccc2F)c(=O)c1. The number of nitrogens with zero attached hydrogens (tertiary/aromatic N) is 1. The van der Waals surface area contributed by atoms with Crippen molar-refractivity contribution in [3.8, 4) is 0 Å². The monoisotopic (exact) mass is 289 g/mol. The van der Waals surface area contributed by atoms with Gasteiger partial charge < -0.3 is 15.6 Å². The first kappa shape index (κ1) is 14.8. The molecule has 5 nitrogen and oxygen atoms in total. The highest BCUT2D eigenvalue weighted by molar-refractivity contribution is 5.91. The summed E-state index contributed by atoms with van der Waals surface area (Å²) in [6.07, 6.45) is 1.70. The quantitative estimate of drug-likeness (QED) is 0.844. The van der Waals surface area contributed by atoms with E-state index >= 15 is 0 Å². The number of amides is 1. The molecule has 1 aromatic carbocycles. The molecule has 0 atom stereocenters. The fourth-order valence-corrected chi connectivity index (χ4v) is 1.86. The number of rotatable bonds is 4. The Balaban J connectivity index is 1.99. The molecule has 1 heterocycles. The lowest BCUT2D eigenvalue weighted by molar-refractivity contribution is -0.116. The number of carbonyl (C=O) groups excluding carboxylic acids is 1. The van der Waals surface area contributed by atoms with Gasteiger partial charge in [-0.25, -0.2) is 4.39 Å². The summed E-state index contributed by atoms with van der Waals surface area (Å²) in [5.74, 6) is -0.933. The number of halogens is 1. The molecule has 3 N–H and O–H groups in total. The zero-order valence-electron chi connectivity index (χ0n) is 11.6. The van der Waals surface area contributed by atoms with Crippen LogP contribution in [0.4, 0.5) is 15.8 Å². The van der Waals surface area contributed by atoms with Gasteiger partial charge in [0.2, 0.25) is 5.91 Å². The molecule has 6 heteroatoms. The van der Waals surface area contributed by atoms with Crippen LogP contribution in [0.3, 0.4) is 0 Å². The number of pyridine rings is 1. The first-order chi connectivity index (χ1) is 9.95. The average molecular weight is 289 g/mol. The lowest BCUT2D eigenvalue weighted by Crippen LogP contribution is -2.22. The molecule has 1 aromatic heterocycles. The van der Waals surface area contributed by atoms with Gasteiger partial charge in [0.1, 0.15) is 5.82 Å². The molecule has 0 fully saturated rings. The van der Waals surface area contributed by atoms with Gasteiger partial charge in [-0.15, -0.1) is 0 Å². The number of carbonyl (C=O) groups is 1. The normalized spacial score (nSPS) is 10.4. The molecular formula is C15H16FN3O2. The predicted molar refractivity (Wildman–Crippen MR) is 79.5 cm³/mol. The maximum absolute atomic E-state index is 13.5. The number of nitrogens with two attached hydrogens (primary N) is 1. The van der Waals surface area contributed by atoms with Gasteiger partial charge in [-0.3, -0.25) is 9.59 Å². The average Bonchev–Trinajstić information content (AvgIpc) is 2.42. The molecule has 0 radical (unpaired) electrons. The van der Waals surface area contributed by atoms with Gasteiger partial charge in [0.25, 0.3) is 5.56 Å². The van der Waals surface area contributed by atoms with E-state index < -0.39 is 5.82 Å². The van der Waals surface area contributed by atoms with E-state index in [9.17, 15) is 14.0 Å². The summed E-state index contributed by atoms with van der Waals surface area (Å²) in [5.41, 5.74) is 6.63. The number of nitrogens with one attached hydrogen (secondary N) is 1. The molecule has 1 amide bonds. The van der Waals surface area contributed by atoms with Gasteiger partial charge in [-0.2, -0.15) is 0 Å². The summed E-state index contributed by atoms with van der Waals surface area (Å²) >= 11 is 0. The van der Waals surface area contributed by atoms with E-state index in [4.69, 9.17) is 5.73 Å². The Kier molecular flexibility index (Phi) is 4.37. The minimum absolute atomic E-state index is 0.0382. The first-order valence-electron chi connectivity index (χ1n) is 6.47. The standard InChI is InChI=1S/C15H16FN3O2/c1-10-4-6-19(15(21)8-10)7-5-14(20)18-13-9-11(17)2-3-12(13)16/h2-4,6,8-9H,5,7,17H2,1H3,(H,18,20). The lowest BCUT2D eigenvalue weighted by Gasteiger charge is -2.08. The number of aryl methyl sites for hydroxylation is 2. The third-order valence-electron chi connectivity index (χ3n) is 3.00. The zero-order valence-corrected chi connectivity index (χ0v) is 11.6. The minimum atomic E-state index is -0.551. The Morgan fingerprint density at radius 3 is 2.81 bits per heavy atom. The van der Waals surface area contributed by atoms with Gasteiger partial charge in [0.15, 0.2) is 0 Å².